The van der Waals surface area contributed by atoms with Crippen LogP contribution < -0.4 is 5.32 Å². The second-order valence-electron chi connectivity index (χ2n) is 3.38. The Morgan fingerprint density at radius 1 is 1.53 bits per heavy atom. The predicted octanol–water partition coefficient (Wildman–Crippen LogP) is 1.11. The van der Waals surface area contributed by atoms with Gasteiger partial charge in [-0.3, -0.25) is 4.98 Å². The van der Waals surface area contributed by atoms with Crippen LogP contribution in [-0.4, -0.2) is 29.2 Å². The van der Waals surface area contributed by atoms with Crippen molar-refractivity contribution in [3.63, 3.8) is 0 Å². The fourth-order valence-corrected chi connectivity index (χ4v) is 1.12. The number of aliphatic hydroxyl groups excluding tert-OH is 1. The molecule has 5 heteroatoms. The maximum atomic E-state index is 12.6. The molecule has 0 atom stereocenters. The van der Waals surface area contributed by atoms with Crippen LogP contribution in [-0.2, 0) is 6.54 Å². The van der Waals surface area contributed by atoms with E-state index >= 15 is 0 Å². The average Bonchev–Trinajstić information content (AvgIpc) is 2.21. The van der Waals surface area contributed by atoms with Gasteiger partial charge in [0.05, 0.1) is 12.2 Å². The van der Waals surface area contributed by atoms with Gasteiger partial charge in [-0.1, -0.05) is 6.07 Å². The van der Waals surface area contributed by atoms with Crippen molar-refractivity contribution in [2.24, 2.45) is 0 Å². The number of aromatic nitrogens is 1. The first-order chi connectivity index (χ1) is 7.05. The van der Waals surface area contributed by atoms with Crippen molar-refractivity contribution in [2.45, 2.75) is 19.4 Å². The molecule has 0 unspecified atom stereocenters. The molecule has 0 radical (unpaired) electrons. The molecular formula is C10H14F2N2O. The van der Waals surface area contributed by atoms with Crippen LogP contribution in [0.3, 0.4) is 0 Å². The van der Waals surface area contributed by atoms with Crippen LogP contribution in [0.15, 0.2) is 18.3 Å². The van der Waals surface area contributed by atoms with E-state index in [1.807, 2.05) is 13.0 Å². The van der Waals surface area contributed by atoms with Crippen molar-refractivity contribution in [3.05, 3.63) is 29.6 Å². The summed E-state index contributed by atoms with van der Waals surface area (Å²) in [5.74, 6) is -3.07. The first-order valence-electron chi connectivity index (χ1n) is 4.65. The van der Waals surface area contributed by atoms with Gasteiger partial charge in [0.2, 0.25) is 0 Å². The third-order valence-electron chi connectivity index (χ3n) is 2.03. The highest BCUT2D eigenvalue weighted by molar-refractivity contribution is 5.17. The summed E-state index contributed by atoms with van der Waals surface area (Å²) in [6.07, 6.45) is 1.62. The molecule has 0 aromatic carbocycles. The molecule has 1 rings (SSSR count). The van der Waals surface area contributed by atoms with Gasteiger partial charge in [0.25, 0.3) is 5.92 Å². The molecule has 1 aromatic heterocycles. The normalized spacial score (nSPS) is 11.7. The Balaban J connectivity index is 2.42. The number of halogens is 2. The highest BCUT2D eigenvalue weighted by atomic mass is 19.3. The number of alkyl halides is 2. The van der Waals surface area contributed by atoms with E-state index in [1.165, 1.54) is 0 Å². The quantitative estimate of drug-likeness (QED) is 0.775. The van der Waals surface area contributed by atoms with E-state index in [1.54, 1.807) is 12.3 Å². The summed E-state index contributed by atoms with van der Waals surface area (Å²) < 4.78 is 25.2. The molecule has 84 valence electrons. The van der Waals surface area contributed by atoms with E-state index in [0.717, 1.165) is 11.3 Å². The zero-order chi connectivity index (χ0) is 11.3. The molecule has 3 nitrogen and oxygen atoms in total. The fraction of sp³-hybridized carbons (Fsp3) is 0.500. The monoisotopic (exact) mass is 216 g/mol. The summed E-state index contributed by atoms with van der Waals surface area (Å²) in [4.78, 5) is 4.05. The zero-order valence-electron chi connectivity index (χ0n) is 8.50. The Kier molecular flexibility index (Phi) is 4.11. The van der Waals surface area contributed by atoms with Crippen LogP contribution in [0.2, 0.25) is 0 Å². The Hall–Kier alpha value is -1.07. The Labute approximate surface area is 87.2 Å². The second kappa shape index (κ2) is 5.14. The van der Waals surface area contributed by atoms with Gasteiger partial charge in [-0.25, -0.2) is 8.78 Å². The molecule has 15 heavy (non-hydrogen) atoms. The SMILES string of the molecule is Cc1cccnc1CNCC(F)(F)CO. The zero-order valence-corrected chi connectivity index (χ0v) is 8.50. The Bertz CT molecular complexity index is 318. The fourth-order valence-electron chi connectivity index (χ4n) is 1.12. The maximum Gasteiger partial charge on any atom is 0.282 e. The number of nitrogens with zero attached hydrogens (tertiary/aromatic N) is 1. The second-order valence-corrected chi connectivity index (χ2v) is 3.38. The molecule has 0 aliphatic carbocycles. The summed E-state index contributed by atoms with van der Waals surface area (Å²) in [7, 11) is 0. The summed E-state index contributed by atoms with van der Waals surface area (Å²) >= 11 is 0. The Morgan fingerprint density at radius 2 is 2.27 bits per heavy atom. The first kappa shape index (κ1) is 12.0. The number of hydrogen-bond donors (Lipinski definition) is 2. The van der Waals surface area contributed by atoms with Gasteiger partial charge in [0, 0.05) is 12.7 Å². The predicted molar refractivity (Wildman–Crippen MR) is 52.7 cm³/mol. The molecule has 1 heterocycles. The van der Waals surface area contributed by atoms with E-state index in [4.69, 9.17) is 5.11 Å². The van der Waals surface area contributed by atoms with Gasteiger partial charge in [-0.05, 0) is 18.6 Å². The lowest BCUT2D eigenvalue weighted by molar-refractivity contribution is -0.0478. The Morgan fingerprint density at radius 3 is 2.87 bits per heavy atom. The highest BCUT2D eigenvalue weighted by Crippen LogP contribution is 2.10. The molecule has 0 saturated heterocycles. The van der Waals surface area contributed by atoms with E-state index in [0.29, 0.717) is 0 Å². The number of hydrogen-bond acceptors (Lipinski definition) is 3. The molecule has 0 aliphatic heterocycles. The third-order valence-corrected chi connectivity index (χ3v) is 2.03. The van der Waals surface area contributed by atoms with Crippen LogP contribution in [0, 0.1) is 6.92 Å². The van der Waals surface area contributed by atoms with E-state index < -0.39 is 19.1 Å². The molecule has 0 amide bonds. The first-order valence-corrected chi connectivity index (χ1v) is 4.65. The summed E-state index contributed by atoms with van der Waals surface area (Å²) in [6.45, 7) is 0.469. The lowest BCUT2D eigenvalue weighted by atomic mass is 10.2. The molecule has 0 saturated carbocycles. The van der Waals surface area contributed by atoms with Crippen LogP contribution in [0.5, 0.6) is 0 Å². The lowest BCUT2D eigenvalue weighted by Crippen LogP contribution is -2.35. The summed E-state index contributed by atoms with van der Waals surface area (Å²) in [5.41, 5.74) is 1.70. The molecule has 0 bridgehead atoms. The molecule has 1 aromatic rings. The molecule has 0 fully saturated rings. The number of pyridine rings is 1. The lowest BCUT2D eigenvalue weighted by Gasteiger charge is -2.14. The van der Waals surface area contributed by atoms with Gasteiger partial charge in [0.1, 0.15) is 6.61 Å². The average molecular weight is 216 g/mol. The van der Waals surface area contributed by atoms with Crippen molar-refractivity contribution in [3.8, 4) is 0 Å². The van der Waals surface area contributed by atoms with Gasteiger partial charge in [-0.2, -0.15) is 0 Å². The van der Waals surface area contributed by atoms with Crippen LogP contribution >= 0.6 is 0 Å². The molecular weight excluding hydrogens is 202 g/mol. The molecule has 0 spiro atoms. The van der Waals surface area contributed by atoms with Gasteiger partial charge in [-0.15, -0.1) is 0 Å². The third kappa shape index (κ3) is 3.89. The summed E-state index contributed by atoms with van der Waals surface area (Å²) in [5, 5.41) is 10.9. The highest BCUT2D eigenvalue weighted by Gasteiger charge is 2.26. The van der Waals surface area contributed by atoms with E-state index in [-0.39, 0.29) is 6.54 Å². The van der Waals surface area contributed by atoms with Gasteiger partial charge >= 0.3 is 0 Å². The topological polar surface area (TPSA) is 45.2 Å². The van der Waals surface area contributed by atoms with Crippen LogP contribution in [0.4, 0.5) is 8.78 Å². The number of aliphatic hydroxyl groups is 1. The summed E-state index contributed by atoms with van der Waals surface area (Å²) in [6, 6.07) is 3.66. The van der Waals surface area contributed by atoms with E-state index in [9.17, 15) is 8.78 Å². The van der Waals surface area contributed by atoms with Crippen LogP contribution in [0.25, 0.3) is 0 Å². The largest absolute Gasteiger partial charge is 0.390 e. The smallest absolute Gasteiger partial charge is 0.282 e. The number of rotatable bonds is 5. The van der Waals surface area contributed by atoms with Crippen molar-refractivity contribution >= 4 is 0 Å². The number of nitrogens with one attached hydrogen (secondary N) is 1. The molecule has 0 aliphatic rings. The van der Waals surface area contributed by atoms with Crippen LogP contribution in [0.1, 0.15) is 11.3 Å². The van der Waals surface area contributed by atoms with E-state index in [2.05, 4.69) is 10.3 Å². The van der Waals surface area contributed by atoms with Crippen molar-refractivity contribution in [1.29, 1.82) is 0 Å². The van der Waals surface area contributed by atoms with Crippen molar-refractivity contribution < 1.29 is 13.9 Å². The van der Waals surface area contributed by atoms with Gasteiger partial charge < -0.3 is 10.4 Å². The maximum absolute atomic E-state index is 12.6. The van der Waals surface area contributed by atoms with Gasteiger partial charge in [0.15, 0.2) is 0 Å². The minimum absolute atomic E-state index is 0.280. The minimum Gasteiger partial charge on any atom is -0.390 e. The number of aryl methyl sites for hydroxylation is 1. The molecule has 2 N–H and O–H groups in total. The minimum atomic E-state index is -3.07. The standard InChI is InChI=1S/C10H14F2N2O/c1-8-3-2-4-14-9(8)5-13-6-10(11,12)7-15/h2-4,13,15H,5-7H2,1H3. The van der Waals surface area contributed by atoms with Crippen molar-refractivity contribution in [1.82, 2.24) is 10.3 Å². The van der Waals surface area contributed by atoms with Crippen molar-refractivity contribution in [2.75, 3.05) is 13.2 Å².